The summed E-state index contributed by atoms with van der Waals surface area (Å²) >= 11 is 11.8. The monoisotopic (exact) mass is 371 g/mol. The highest BCUT2D eigenvalue weighted by atomic mass is 35.5. The summed E-state index contributed by atoms with van der Waals surface area (Å²) in [7, 11) is -3.82. The molecule has 3 rings (SSSR count). The molecule has 0 N–H and O–H groups in total. The first-order valence-corrected chi connectivity index (χ1v) is 8.85. The number of hydrogen-bond donors (Lipinski definition) is 0. The molecule has 0 saturated heterocycles. The van der Waals surface area contributed by atoms with Crippen molar-refractivity contribution in [2.45, 2.75) is 4.90 Å². The fraction of sp³-hybridized carbons (Fsp3) is 0.133. The Morgan fingerprint density at radius 3 is 2.52 bits per heavy atom. The summed E-state index contributed by atoms with van der Waals surface area (Å²) in [6, 6.07) is 10.8. The van der Waals surface area contributed by atoms with Crippen molar-refractivity contribution in [2.24, 2.45) is 0 Å². The van der Waals surface area contributed by atoms with Gasteiger partial charge in [0.05, 0.1) is 17.1 Å². The molecular formula is C15H11Cl2NO4S. The van der Waals surface area contributed by atoms with Gasteiger partial charge in [0, 0.05) is 5.02 Å². The lowest BCUT2D eigenvalue weighted by Crippen LogP contribution is -2.33. The van der Waals surface area contributed by atoms with Crippen molar-refractivity contribution in [2.75, 3.05) is 13.2 Å². The van der Waals surface area contributed by atoms with E-state index in [9.17, 15) is 13.2 Å². The van der Waals surface area contributed by atoms with Crippen molar-refractivity contribution in [3.05, 3.63) is 58.1 Å². The SMILES string of the molecule is O=C1c2ccccc2S(=O)(=O)N1CCOc1ccc(Cl)cc1Cl. The van der Waals surface area contributed by atoms with Crippen LogP contribution in [-0.4, -0.2) is 31.8 Å². The van der Waals surface area contributed by atoms with Crippen molar-refractivity contribution in [3.8, 4) is 5.75 Å². The molecule has 1 heterocycles. The van der Waals surface area contributed by atoms with Crippen molar-refractivity contribution in [1.29, 1.82) is 0 Å². The number of rotatable bonds is 4. The van der Waals surface area contributed by atoms with Crippen molar-refractivity contribution in [3.63, 3.8) is 0 Å². The number of carbonyl (C=O) groups is 1. The van der Waals surface area contributed by atoms with E-state index in [1.807, 2.05) is 0 Å². The molecule has 2 aromatic rings. The zero-order chi connectivity index (χ0) is 16.6. The van der Waals surface area contributed by atoms with Gasteiger partial charge in [-0.25, -0.2) is 12.7 Å². The second-order valence-corrected chi connectivity index (χ2v) is 7.48. The maximum Gasteiger partial charge on any atom is 0.269 e. The van der Waals surface area contributed by atoms with Crippen LogP contribution in [0.3, 0.4) is 0 Å². The van der Waals surface area contributed by atoms with Gasteiger partial charge < -0.3 is 4.74 Å². The number of sulfonamides is 1. The first-order valence-electron chi connectivity index (χ1n) is 6.65. The topological polar surface area (TPSA) is 63.7 Å². The lowest BCUT2D eigenvalue weighted by Gasteiger charge is -2.16. The van der Waals surface area contributed by atoms with Crippen LogP contribution in [0.2, 0.25) is 10.0 Å². The number of halogens is 2. The number of carbonyl (C=O) groups excluding carboxylic acids is 1. The molecule has 2 aromatic carbocycles. The minimum Gasteiger partial charge on any atom is -0.490 e. The van der Waals surface area contributed by atoms with Crippen LogP contribution >= 0.6 is 23.2 Å². The third kappa shape index (κ3) is 2.89. The number of hydrogen-bond acceptors (Lipinski definition) is 4. The third-order valence-corrected chi connectivity index (χ3v) is 5.73. The smallest absolute Gasteiger partial charge is 0.269 e. The molecule has 5 nitrogen and oxygen atoms in total. The van der Waals surface area contributed by atoms with Gasteiger partial charge in [0.2, 0.25) is 0 Å². The largest absolute Gasteiger partial charge is 0.490 e. The normalized spacial score (nSPS) is 15.6. The van der Waals surface area contributed by atoms with E-state index in [0.29, 0.717) is 15.8 Å². The predicted molar refractivity (Wildman–Crippen MR) is 86.6 cm³/mol. The van der Waals surface area contributed by atoms with Crippen LogP contribution in [0.25, 0.3) is 0 Å². The average molecular weight is 372 g/mol. The van der Waals surface area contributed by atoms with Gasteiger partial charge in [-0.05, 0) is 30.3 Å². The maximum absolute atomic E-state index is 12.4. The summed E-state index contributed by atoms with van der Waals surface area (Å²) in [6.45, 7) is -0.116. The van der Waals surface area contributed by atoms with E-state index in [4.69, 9.17) is 27.9 Å². The minimum absolute atomic E-state index is 0.0136. The Hall–Kier alpha value is -1.76. The van der Waals surface area contributed by atoms with Crippen molar-refractivity contribution < 1.29 is 17.9 Å². The number of amides is 1. The Morgan fingerprint density at radius 1 is 1.09 bits per heavy atom. The van der Waals surface area contributed by atoms with Crippen LogP contribution in [0.4, 0.5) is 0 Å². The first-order chi connectivity index (χ1) is 10.9. The van der Waals surface area contributed by atoms with Crippen LogP contribution in [0.15, 0.2) is 47.4 Å². The van der Waals surface area contributed by atoms with Crippen molar-refractivity contribution >= 4 is 39.1 Å². The van der Waals surface area contributed by atoms with Gasteiger partial charge >= 0.3 is 0 Å². The van der Waals surface area contributed by atoms with Gasteiger partial charge in [-0.3, -0.25) is 4.79 Å². The summed E-state index contributed by atoms with van der Waals surface area (Å²) < 4.78 is 31.0. The first kappa shape index (κ1) is 16.1. The second-order valence-electron chi connectivity index (χ2n) is 4.80. The van der Waals surface area contributed by atoms with E-state index in [2.05, 4.69) is 0 Å². The van der Waals surface area contributed by atoms with Gasteiger partial charge in [-0.15, -0.1) is 0 Å². The summed E-state index contributed by atoms with van der Waals surface area (Å²) in [5, 5.41) is 0.784. The molecule has 0 aromatic heterocycles. The quantitative estimate of drug-likeness (QED) is 0.827. The highest BCUT2D eigenvalue weighted by molar-refractivity contribution is 7.90. The second kappa shape index (κ2) is 6.03. The highest BCUT2D eigenvalue weighted by Gasteiger charge is 2.40. The number of ether oxygens (including phenoxy) is 1. The molecular weight excluding hydrogens is 361 g/mol. The van der Waals surface area contributed by atoms with Crippen LogP contribution in [-0.2, 0) is 10.0 Å². The summed E-state index contributed by atoms with van der Waals surface area (Å²) in [5.74, 6) is -0.177. The molecule has 0 unspecified atom stereocenters. The molecule has 0 saturated carbocycles. The Morgan fingerprint density at radius 2 is 1.83 bits per heavy atom. The Bertz CT molecular complexity index is 883. The highest BCUT2D eigenvalue weighted by Crippen LogP contribution is 2.30. The van der Waals surface area contributed by atoms with Crippen molar-refractivity contribution in [1.82, 2.24) is 4.31 Å². The molecule has 1 aliphatic heterocycles. The molecule has 1 amide bonds. The van der Waals surface area contributed by atoms with Crippen LogP contribution in [0.5, 0.6) is 5.75 Å². The van der Waals surface area contributed by atoms with Crippen LogP contribution in [0.1, 0.15) is 10.4 Å². The average Bonchev–Trinajstić information content (AvgIpc) is 2.70. The molecule has 0 spiro atoms. The lowest BCUT2D eigenvalue weighted by atomic mass is 10.2. The van der Waals surface area contributed by atoms with E-state index in [-0.39, 0.29) is 23.6 Å². The van der Waals surface area contributed by atoms with Crippen LogP contribution in [0, 0.1) is 0 Å². The molecule has 1 aliphatic rings. The zero-order valence-corrected chi connectivity index (χ0v) is 14.0. The number of nitrogens with zero attached hydrogens (tertiary/aromatic N) is 1. The van der Waals surface area contributed by atoms with Gasteiger partial charge in [0.25, 0.3) is 15.9 Å². The predicted octanol–water partition coefficient (Wildman–Crippen LogP) is 3.22. The van der Waals surface area contributed by atoms with E-state index >= 15 is 0 Å². The Labute approximate surface area is 143 Å². The minimum atomic E-state index is -3.82. The summed E-state index contributed by atoms with van der Waals surface area (Å²) in [5.41, 5.74) is 0.178. The van der Waals surface area contributed by atoms with Gasteiger partial charge in [0.15, 0.2) is 0 Å². The van der Waals surface area contributed by atoms with Crippen LogP contribution < -0.4 is 4.74 Å². The fourth-order valence-corrected chi connectivity index (χ4v) is 4.30. The van der Waals surface area contributed by atoms with E-state index in [0.717, 1.165) is 4.31 Å². The summed E-state index contributed by atoms with van der Waals surface area (Å²) in [4.78, 5) is 12.2. The molecule has 8 heteroatoms. The molecule has 23 heavy (non-hydrogen) atoms. The molecule has 0 bridgehead atoms. The van der Waals surface area contributed by atoms with Gasteiger partial charge in [0.1, 0.15) is 17.3 Å². The fourth-order valence-electron chi connectivity index (χ4n) is 2.28. The van der Waals surface area contributed by atoms with E-state index in [1.165, 1.54) is 18.2 Å². The zero-order valence-electron chi connectivity index (χ0n) is 11.7. The van der Waals surface area contributed by atoms with Gasteiger partial charge in [-0.2, -0.15) is 0 Å². The summed E-state index contributed by atoms with van der Waals surface area (Å²) in [6.07, 6.45) is 0. The maximum atomic E-state index is 12.4. The molecule has 0 radical (unpaired) electrons. The number of fused-ring (bicyclic) bond motifs is 1. The third-order valence-electron chi connectivity index (χ3n) is 3.36. The molecule has 0 atom stereocenters. The Kier molecular flexibility index (Phi) is 4.23. The standard InChI is InChI=1S/C15H11Cl2NO4S/c16-10-5-6-13(12(17)9-10)22-8-7-18-15(19)11-3-1-2-4-14(11)23(18,20)21/h1-6,9H,7-8H2. The van der Waals surface area contributed by atoms with Gasteiger partial charge in [-0.1, -0.05) is 35.3 Å². The molecule has 120 valence electrons. The van der Waals surface area contributed by atoms with E-state index < -0.39 is 15.9 Å². The number of benzene rings is 2. The molecule has 0 aliphatic carbocycles. The van der Waals surface area contributed by atoms with E-state index in [1.54, 1.807) is 24.3 Å². The Balaban J connectivity index is 1.73. The molecule has 0 fully saturated rings. The lowest BCUT2D eigenvalue weighted by molar-refractivity contribution is 0.0857.